The lowest BCUT2D eigenvalue weighted by atomic mass is 9.87. The predicted octanol–water partition coefficient (Wildman–Crippen LogP) is 3.39. The maximum absolute atomic E-state index is 12.1. The van der Waals surface area contributed by atoms with Gasteiger partial charge in [0.05, 0.1) is 6.42 Å². The molecular weight excluding hydrogens is 292 g/mol. The first-order valence-electron chi connectivity index (χ1n) is 7.60. The van der Waals surface area contributed by atoms with Crippen LogP contribution in [0.5, 0.6) is 5.75 Å². The lowest BCUT2D eigenvalue weighted by molar-refractivity contribution is -0.173. The minimum Gasteiger partial charge on any atom is -0.489 e. The fourth-order valence-corrected chi connectivity index (χ4v) is 2.62. The van der Waals surface area contributed by atoms with E-state index in [9.17, 15) is 9.59 Å². The van der Waals surface area contributed by atoms with E-state index in [0.717, 1.165) is 5.56 Å². The Balaban J connectivity index is 1.71. The smallest absolute Gasteiger partial charge is 0.307 e. The van der Waals surface area contributed by atoms with Gasteiger partial charge in [0.1, 0.15) is 12.4 Å². The number of benzene rings is 2. The van der Waals surface area contributed by atoms with Crippen molar-refractivity contribution >= 4 is 11.8 Å². The Labute approximate surface area is 135 Å². The van der Waals surface area contributed by atoms with E-state index in [1.165, 1.54) is 0 Å². The average Bonchev–Trinajstić information content (AvgIpc) is 2.58. The minimum atomic E-state index is -1.19. The lowest BCUT2D eigenvalue weighted by Gasteiger charge is -2.32. The van der Waals surface area contributed by atoms with E-state index in [1.54, 1.807) is 31.2 Å². The number of carbonyl (C=O) groups excluding carboxylic acids is 2. The zero-order valence-corrected chi connectivity index (χ0v) is 13.0. The summed E-state index contributed by atoms with van der Waals surface area (Å²) < 4.78 is 11.0. The van der Waals surface area contributed by atoms with Crippen LogP contribution in [-0.2, 0) is 26.5 Å². The molecule has 2 aromatic carbocycles. The average molecular weight is 310 g/mol. The second-order valence-electron chi connectivity index (χ2n) is 5.73. The number of ether oxygens (including phenoxy) is 2. The molecule has 0 aromatic heterocycles. The summed E-state index contributed by atoms with van der Waals surface area (Å²) in [6.45, 7) is 2.12. The van der Waals surface area contributed by atoms with Crippen LogP contribution in [0.4, 0.5) is 0 Å². The Hall–Kier alpha value is -2.62. The summed E-state index contributed by atoms with van der Waals surface area (Å²) in [4.78, 5) is 23.7. The van der Waals surface area contributed by atoms with Gasteiger partial charge < -0.3 is 9.47 Å². The van der Waals surface area contributed by atoms with Crippen molar-refractivity contribution in [1.29, 1.82) is 0 Å². The molecule has 1 atom stereocenters. The van der Waals surface area contributed by atoms with E-state index in [4.69, 9.17) is 9.47 Å². The van der Waals surface area contributed by atoms with Crippen LogP contribution in [0, 0.1) is 0 Å². The third kappa shape index (κ3) is 3.26. The van der Waals surface area contributed by atoms with Crippen molar-refractivity contribution in [2.45, 2.75) is 32.0 Å². The molecule has 118 valence electrons. The molecule has 1 heterocycles. The Morgan fingerprint density at radius 2 is 1.70 bits per heavy atom. The first-order valence-corrected chi connectivity index (χ1v) is 7.60. The first-order chi connectivity index (χ1) is 11.1. The Morgan fingerprint density at radius 1 is 1.00 bits per heavy atom. The molecule has 1 fully saturated rings. The van der Waals surface area contributed by atoms with Crippen molar-refractivity contribution < 1.29 is 19.1 Å². The number of hydrogen-bond acceptors (Lipinski definition) is 4. The summed E-state index contributed by atoms with van der Waals surface area (Å²) in [7, 11) is 0. The molecule has 1 aliphatic rings. The fourth-order valence-electron chi connectivity index (χ4n) is 2.62. The normalized spacial score (nSPS) is 20.9. The molecule has 2 aromatic rings. The molecule has 23 heavy (non-hydrogen) atoms. The summed E-state index contributed by atoms with van der Waals surface area (Å²) in [5.41, 5.74) is 0.565. The molecule has 0 amide bonds. The van der Waals surface area contributed by atoms with E-state index in [-0.39, 0.29) is 24.6 Å². The van der Waals surface area contributed by atoms with E-state index in [1.807, 2.05) is 30.3 Å². The monoisotopic (exact) mass is 310 g/mol. The van der Waals surface area contributed by atoms with Gasteiger partial charge in [0.2, 0.25) is 0 Å². The third-order valence-corrected chi connectivity index (χ3v) is 4.06. The molecule has 0 spiro atoms. The molecule has 0 saturated carbocycles. The number of cyclic esters (lactones) is 1. The molecule has 1 unspecified atom stereocenters. The van der Waals surface area contributed by atoms with Crippen LogP contribution >= 0.6 is 0 Å². The fraction of sp³-hybridized carbons (Fsp3) is 0.263. The SMILES string of the molecule is CC1(c2ccc(OCc3ccccc3)cc2)OC(=O)CCC1=O. The molecular formula is C19H18O4. The van der Waals surface area contributed by atoms with Crippen LogP contribution in [0.15, 0.2) is 54.6 Å². The molecule has 0 aliphatic carbocycles. The number of ketones is 1. The van der Waals surface area contributed by atoms with Crippen molar-refractivity contribution in [3.05, 3.63) is 65.7 Å². The standard InChI is InChI=1S/C19H18O4/c1-19(17(20)11-12-18(21)23-19)15-7-9-16(10-8-15)22-13-14-5-3-2-4-6-14/h2-10H,11-13H2,1H3. The highest BCUT2D eigenvalue weighted by Crippen LogP contribution is 2.33. The van der Waals surface area contributed by atoms with Crippen molar-refractivity contribution in [1.82, 2.24) is 0 Å². The van der Waals surface area contributed by atoms with Crippen molar-refractivity contribution in [2.75, 3.05) is 0 Å². The largest absolute Gasteiger partial charge is 0.489 e. The topological polar surface area (TPSA) is 52.6 Å². The van der Waals surface area contributed by atoms with Gasteiger partial charge in [-0.05, 0) is 24.6 Å². The summed E-state index contributed by atoms with van der Waals surface area (Å²) >= 11 is 0. The van der Waals surface area contributed by atoms with Gasteiger partial charge in [-0.3, -0.25) is 9.59 Å². The van der Waals surface area contributed by atoms with Gasteiger partial charge in [-0.15, -0.1) is 0 Å². The van der Waals surface area contributed by atoms with Crippen LogP contribution in [0.1, 0.15) is 30.9 Å². The highest BCUT2D eigenvalue weighted by Gasteiger charge is 2.42. The van der Waals surface area contributed by atoms with Gasteiger partial charge in [0, 0.05) is 12.0 Å². The van der Waals surface area contributed by atoms with E-state index in [2.05, 4.69) is 0 Å². The van der Waals surface area contributed by atoms with Gasteiger partial charge in [-0.2, -0.15) is 0 Å². The van der Waals surface area contributed by atoms with Crippen LogP contribution in [0.3, 0.4) is 0 Å². The predicted molar refractivity (Wildman–Crippen MR) is 84.9 cm³/mol. The van der Waals surface area contributed by atoms with Gasteiger partial charge >= 0.3 is 5.97 Å². The first kappa shape index (κ1) is 15.3. The summed E-state index contributed by atoms with van der Waals surface area (Å²) in [5, 5.41) is 0. The van der Waals surface area contributed by atoms with Crippen LogP contribution in [0.2, 0.25) is 0 Å². The Kier molecular flexibility index (Phi) is 4.15. The van der Waals surface area contributed by atoms with E-state index < -0.39 is 5.60 Å². The summed E-state index contributed by atoms with van der Waals surface area (Å²) in [6.07, 6.45) is 0.383. The molecule has 4 nitrogen and oxygen atoms in total. The number of rotatable bonds is 4. The van der Waals surface area contributed by atoms with Crippen molar-refractivity contribution in [3.63, 3.8) is 0 Å². The van der Waals surface area contributed by atoms with Crippen LogP contribution in [-0.4, -0.2) is 11.8 Å². The Morgan fingerprint density at radius 3 is 2.39 bits per heavy atom. The van der Waals surface area contributed by atoms with Gasteiger partial charge in [0.25, 0.3) is 0 Å². The molecule has 1 saturated heterocycles. The van der Waals surface area contributed by atoms with Gasteiger partial charge in [-0.1, -0.05) is 42.5 Å². The summed E-state index contributed by atoms with van der Waals surface area (Å²) in [5.74, 6) is 0.294. The lowest BCUT2D eigenvalue weighted by Crippen LogP contribution is -2.41. The number of carbonyl (C=O) groups is 2. The maximum Gasteiger partial charge on any atom is 0.307 e. The summed E-state index contributed by atoms with van der Waals surface area (Å²) in [6, 6.07) is 17.0. The van der Waals surface area contributed by atoms with Crippen molar-refractivity contribution in [3.8, 4) is 5.75 Å². The maximum atomic E-state index is 12.1. The molecule has 3 rings (SSSR count). The molecule has 1 aliphatic heterocycles. The van der Waals surface area contributed by atoms with Crippen LogP contribution < -0.4 is 4.74 Å². The molecule has 0 bridgehead atoms. The second-order valence-corrected chi connectivity index (χ2v) is 5.73. The third-order valence-electron chi connectivity index (χ3n) is 4.06. The molecule has 4 heteroatoms. The number of esters is 1. The van der Waals surface area contributed by atoms with Crippen molar-refractivity contribution in [2.24, 2.45) is 0 Å². The zero-order valence-electron chi connectivity index (χ0n) is 13.0. The van der Waals surface area contributed by atoms with Crippen LogP contribution in [0.25, 0.3) is 0 Å². The number of hydrogen-bond donors (Lipinski definition) is 0. The minimum absolute atomic E-state index is 0.0740. The highest BCUT2D eigenvalue weighted by molar-refractivity contribution is 5.95. The quantitative estimate of drug-likeness (QED) is 0.812. The number of Topliss-reactive ketones (excluding diaryl/α,β-unsaturated/α-hetero) is 1. The second kappa shape index (κ2) is 6.24. The zero-order chi connectivity index (χ0) is 16.3. The molecule has 0 radical (unpaired) electrons. The van der Waals surface area contributed by atoms with E-state index in [0.29, 0.717) is 17.9 Å². The Bertz CT molecular complexity index is 706. The van der Waals surface area contributed by atoms with Gasteiger partial charge in [-0.25, -0.2) is 0 Å². The molecule has 0 N–H and O–H groups in total. The van der Waals surface area contributed by atoms with E-state index >= 15 is 0 Å². The van der Waals surface area contributed by atoms with Gasteiger partial charge in [0.15, 0.2) is 11.4 Å². The highest BCUT2D eigenvalue weighted by atomic mass is 16.6.